The van der Waals surface area contributed by atoms with Crippen LogP contribution < -0.4 is 26.6 Å². The quantitative estimate of drug-likeness (QED) is 0.240. The van der Waals surface area contributed by atoms with E-state index in [4.69, 9.17) is 9.88 Å². The summed E-state index contributed by atoms with van der Waals surface area (Å²) in [6, 6.07) is 12.7. The van der Waals surface area contributed by atoms with Crippen molar-refractivity contribution in [2.45, 2.75) is 44.1 Å². The minimum atomic E-state index is -3.80. The predicted octanol–water partition coefficient (Wildman–Crippen LogP) is 2.62. The van der Waals surface area contributed by atoms with E-state index in [0.29, 0.717) is 30.8 Å². The van der Waals surface area contributed by atoms with Crippen molar-refractivity contribution in [1.82, 2.24) is 4.98 Å². The van der Waals surface area contributed by atoms with E-state index in [-0.39, 0.29) is 12.3 Å². The lowest BCUT2D eigenvalue weighted by Crippen LogP contribution is -2.36. The number of nitrogens with one attached hydrogen (secondary N) is 2. The number of hydrogen-bond donors (Lipinski definition) is 3. The van der Waals surface area contributed by atoms with Gasteiger partial charge < -0.3 is 15.4 Å². The van der Waals surface area contributed by atoms with Crippen LogP contribution in [0.15, 0.2) is 64.4 Å². The zero-order valence-electron chi connectivity index (χ0n) is 18.2. The van der Waals surface area contributed by atoms with Gasteiger partial charge in [-0.1, -0.05) is 43.2 Å². The molecule has 1 aromatic heterocycles. The summed E-state index contributed by atoms with van der Waals surface area (Å²) < 4.78 is 29.2. The van der Waals surface area contributed by atoms with Gasteiger partial charge in [0.15, 0.2) is 5.44 Å². The molecule has 0 fully saturated rings. The van der Waals surface area contributed by atoms with E-state index in [1.54, 1.807) is 24.5 Å². The van der Waals surface area contributed by atoms with Gasteiger partial charge in [-0.15, -0.1) is 0 Å². The smallest absolute Gasteiger partial charge is 0.253 e. The monoisotopic (exact) mass is 472 g/mol. The molecule has 10 heteroatoms. The van der Waals surface area contributed by atoms with Crippen molar-refractivity contribution in [3.63, 3.8) is 0 Å². The van der Waals surface area contributed by atoms with E-state index in [1.807, 2.05) is 30.3 Å². The number of anilines is 3. The summed E-state index contributed by atoms with van der Waals surface area (Å²) in [5, 5.41) is 11.3. The first-order chi connectivity index (χ1) is 15.9. The standard InChI is InChI=1S/C23H28N4O5S/c24-33(30,31)19(32-16-17-8-4-3-5-9-17)10-6-1-2-7-13-26-20-21(23(29)22(20)28)27-18-11-14-25-15-12-18/h3-5,8-9,11-12,14-15,19,26H,1-2,6-7,10,13,16H2,(H,25,27)(H2,24,30,31). The summed E-state index contributed by atoms with van der Waals surface area (Å²) in [6.07, 6.45) is 6.52. The molecule has 1 unspecified atom stereocenters. The number of ether oxygens (including phenoxy) is 1. The molecule has 176 valence electrons. The number of unbranched alkanes of at least 4 members (excludes halogenated alkanes) is 3. The molecule has 1 heterocycles. The Kier molecular flexibility index (Phi) is 8.70. The number of nitrogens with zero attached hydrogens (tertiary/aromatic N) is 1. The molecule has 1 atom stereocenters. The Bertz CT molecular complexity index is 1190. The largest absolute Gasteiger partial charge is 0.380 e. The zero-order valence-corrected chi connectivity index (χ0v) is 19.0. The van der Waals surface area contributed by atoms with Gasteiger partial charge in [-0.05, 0) is 37.0 Å². The molecule has 0 radical (unpaired) electrons. The third kappa shape index (κ3) is 7.21. The molecule has 0 aliphatic heterocycles. The van der Waals surface area contributed by atoms with Crippen molar-refractivity contribution in [2.24, 2.45) is 5.14 Å². The second kappa shape index (κ2) is 11.7. The SMILES string of the molecule is NS(=O)(=O)C(CCCCCCNc1c(Nc2ccncc2)c(=O)c1=O)OCc1ccccc1. The van der Waals surface area contributed by atoms with Crippen molar-refractivity contribution in [3.05, 3.63) is 80.9 Å². The van der Waals surface area contributed by atoms with E-state index >= 15 is 0 Å². The van der Waals surface area contributed by atoms with Gasteiger partial charge in [0.1, 0.15) is 11.4 Å². The van der Waals surface area contributed by atoms with Gasteiger partial charge in [0, 0.05) is 24.6 Å². The summed E-state index contributed by atoms with van der Waals surface area (Å²) in [4.78, 5) is 27.6. The molecular weight excluding hydrogens is 444 g/mol. The van der Waals surface area contributed by atoms with Gasteiger partial charge in [-0.2, -0.15) is 0 Å². The fourth-order valence-electron chi connectivity index (χ4n) is 3.37. The molecule has 0 spiro atoms. The molecule has 3 rings (SSSR count). The molecule has 3 aromatic rings. The van der Waals surface area contributed by atoms with Crippen molar-refractivity contribution in [3.8, 4) is 0 Å². The first-order valence-electron chi connectivity index (χ1n) is 10.8. The molecular formula is C23H28N4O5S. The van der Waals surface area contributed by atoms with Gasteiger partial charge in [0.05, 0.1) is 6.61 Å². The highest BCUT2D eigenvalue weighted by Crippen LogP contribution is 2.20. The lowest BCUT2D eigenvalue weighted by Gasteiger charge is -2.16. The number of benzene rings is 1. The summed E-state index contributed by atoms with van der Waals surface area (Å²) in [5.41, 5.74) is 0.00365. The maximum absolute atomic E-state index is 11.9. The minimum Gasteiger partial charge on any atom is -0.380 e. The number of pyridine rings is 1. The van der Waals surface area contributed by atoms with Crippen LogP contribution in [0.2, 0.25) is 0 Å². The number of rotatable bonds is 14. The van der Waals surface area contributed by atoms with Crippen LogP contribution in [0.3, 0.4) is 0 Å². The normalized spacial score (nSPS) is 12.5. The van der Waals surface area contributed by atoms with Crippen LogP contribution in [0.4, 0.5) is 17.1 Å². The van der Waals surface area contributed by atoms with Crippen molar-refractivity contribution in [1.29, 1.82) is 0 Å². The first-order valence-corrected chi connectivity index (χ1v) is 12.4. The van der Waals surface area contributed by atoms with Crippen LogP contribution in [0.25, 0.3) is 0 Å². The number of hydrogen-bond acceptors (Lipinski definition) is 8. The van der Waals surface area contributed by atoms with E-state index in [0.717, 1.165) is 24.8 Å². The van der Waals surface area contributed by atoms with E-state index < -0.39 is 26.3 Å². The summed E-state index contributed by atoms with van der Waals surface area (Å²) >= 11 is 0. The Balaban J connectivity index is 1.37. The molecule has 0 amide bonds. The van der Waals surface area contributed by atoms with E-state index in [9.17, 15) is 18.0 Å². The third-order valence-electron chi connectivity index (χ3n) is 5.17. The van der Waals surface area contributed by atoms with Crippen LogP contribution in [-0.4, -0.2) is 25.4 Å². The average molecular weight is 473 g/mol. The second-order valence-electron chi connectivity index (χ2n) is 7.71. The third-order valence-corrected chi connectivity index (χ3v) is 6.28. The van der Waals surface area contributed by atoms with Crippen molar-refractivity contribution < 1.29 is 13.2 Å². The van der Waals surface area contributed by atoms with Gasteiger partial charge in [-0.3, -0.25) is 14.6 Å². The fraction of sp³-hybridized carbons (Fsp3) is 0.348. The number of primary sulfonamides is 1. The van der Waals surface area contributed by atoms with Crippen LogP contribution >= 0.6 is 0 Å². The topological polar surface area (TPSA) is 140 Å². The predicted molar refractivity (Wildman–Crippen MR) is 129 cm³/mol. The second-order valence-corrected chi connectivity index (χ2v) is 9.42. The number of aromatic nitrogens is 1. The van der Waals surface area contributed by atoms with Crippen LogP contribution in [0, 0.1) is 0 Å². The molecule has 9 nitrogen and oxygen atoms in total. The maximum Gasteiger partial charge on any atom is 0.253 e. The lowest BCUT2D eigenvalue weighted by molar-refractivity contribution is 0.0847. The van der Waals surface area contributed by atoms with Gasteiger partial charge in [-0.25, -0.2) is 13.6 Å². The van der Waals surface area contributed by atoms with Gasteiger partial charge in [0.2, 0.25) is 10.0 Å². The number of sulfonamides is 1. The lowest BCUT2D eigenvalue weighted by atomic mass is 10.1. The van der Waals surface area contributed by atoms with Gasteiger partial charge in [0.25, 0.3) is 10.9 Å². The molecule has 0 aliphatic rings. The molecule has 33 heavy (non-hydrogen) atoms. The molecule has 0 bridgehead atoms. The van der Waals surface area contributed by atoms with E-state index in [1.165, 1.54) is 0 Å². The Morgan fingerprint density at radius 1 is 0.909 bits per heavy atom. The molecule has 4 N–H and O–H groups in total. The summed E-state index contributed by atoms with van der Waals surface area (Å²) in [5.74, 6) is 0. The van der Waals surface area contributed by atoms with Crippen molar-refractivity contribution >= 4 is 27.1 Å². The molecule has 0 aliphatic carbocycles. The summed E-state index contributed by atoms with van der Waals surface area (Å²) in [7, 11) is -3.80. The molecule has 0 saturated carbocycles. The minimum absolute atomic E-state index is 0.184. The van der Waals surface area contributed by atoms with Crippen LogP contribution in [0.5, 0.6) is 0 Å². The molecule has 2 aromatic carbocycles. The zero-order chi connectivity index (χ0) is 23.7. The van der Waals surface area contributed by atoms with Crippen LogP contribution in [0.1, 0.15) is 37.7 Å². The summed E-state index contributed by atoms with van der Waals surface area (Å²) in [6.45, 7) is 0.711. The Hall–Kier alpha value is -3.08. The van der Waals surface area contributed by atoms with Crippen LogP contribution in [-0.2, 0) is 21.4 Å². The maximum atomic E-state index is 11.9. The fourth-order valence-corrected chi connectivity index (χ4v) is 4.12. The molecule has 0 saturated heterocycles. The van der Waals surface area contributed by atoms with E-state index in [2.05, 4.69) is 15.6 Å². The van der Waals surface area contributed by atoms with Crippen molar-refractivity contribution in [2.75, 3.05) is 17.2 Å². The average Bonchev–Trinajstić information content (AvgIpc) is 2.81. The first kappa shape index (κ1) is 24.6. The highest BCUT2D eigenvalue weighted by Gasteiger charge is 2.22. The number of nitrogens with two attached hydrogens (primary N) is 1. The Morgan fingerprint density at radius 2 is 1.58 bits per heavy atom. The highest BCUT2D eigenvalue weighted by atomic mass is 32.2. The van der Waals surface area contributed by atoms with Gasteiger partial charge >= 0.3 is 0 Å². The Labute approximate surface area is 192 Å². The highest BCUT2D eigenvalue weighted by molar-refractivity contribution is 7.89. The Morgan fingerprint density at radius 3 is 2.27 bits per heavy atom.